The van der Waals surface area contributed by atoms with Gasteiger partial charge in [-0.2, -0.15) is 0 Å². The quantitative estimate of drug-likeness (QED) is 0.541. The van der Waals surface area contributed by atoms with E-state index in [0.717, 1.165) is 16.7 Å². The van der Waals surface area contributed by atoms with Crippen molar-refractivity contribution in [3.8, 4) is 16.9 Å². The van der Waals surface area contributed by atoms with Gasteiger partial charge < -0.3 is 20.7 Å². The van der Waals surface area contributed by atoms with E-state index in [1.165, 1.54) is 0 Å². The van der Waals surface area contributed by atoms with Crippen LogP contribution in [0.2, 0.25) is 0 Å². The van der Waals surface area contributed by atoms with E-state index in [1.54, 1.807) is 42.5 Å². The number of hydrogen-bond acceptors (Lipinski definition) is 4. The van der Waals surface area contributed by atoms with Crippen molar-refractivity contribution in [2.24, 2.45) is 5.73 Å². The predicted octanol–water partition coefficient (Wildman–Crippen LogP) is 3.64. The van der Waals surface area contributed by atoms with E-state index < -0.39 is 18.0 Å². The summed E-state index contributed by atoms with van der Waals surface area (Å²) in [4.78, 5) is 22.2. The maximum atomic E-state index is 11.1. The van der Waals surface area contributed by atoms with Crippen molar-refractivity contribution in [3.63, 3.8) is 0 Å². The molecule has 0 aliphatic heterocycles. The maximum Gasteiger partial charge on any atom is 0.325 e. The van der Waals surface area contributed by atoms with Crippen LogP contribution in [0.3, 0.4) is 0 Å². The number of benzene rings is 3. The van der Waals surface area contributed by atoms with Gasteiger partial charge in [-0.25, -0.2) is 0 Å². The van der Waals surface area contributed by atoms with Crippen LogP contribution in [-0.4, -0.2) is 22.2 Å². The summed E-state index contributed by atoms with van der Waals surface area (Å²) >= 11 is 0. The van der Waals surface area contributed by atoms with E-state index in [2.05, 4.69) is 0 Å². The van der Waals surface area contributed by atoms with Gasteiger partial charge in [-0.05, 0) is 40.5 Å². The Balaban J connectivity index is 1.78. The molecule has 0 aliphatic carbocycles. The van der Waals surface area contributed by atoms with Gasteiger partial charge in [0.1, 0.15) is 18.4 Å². The van der Waals surface area contributed by atoms with Gasteiger partial charge in [-0.3, -0.25) is 9.59 Å². The average molecular weight is 391 g/mol. The van der Waals surface area contributed by atoms with E-state index in [4.69, 9.17) is 20.7 Å². The molecule has 0 bridgehead atoms. The standard InChI is InChI=1S/C23H21NO5/c24-22(23(27)28)19-9-4-8-17(12-19)16-7-3-5-15(11-16)14-29-20-10-2-1-6-18(20)13-21(25)26/h1-12,22H,13-14,24H2,(H,25,26)(H,27,28)/t22-/m0/s1. The number of carbonyl (C=O) groups is 2. The zero-order valence-corrected chi connectivity index (χ0v) is 15.6. The van der Waals surface area contributed by atoms with Crippen LogP contribution in [0.15, 0.2) is 72.8 Å². The minimum absolute atomic E-state index is 0.104. The van der Waals surface area contributed by atoms with E-state index in [1.807, 2.05) is 30.3 Å². The Morgan fingerprint density at radius 2 is 1.59 bits per heavy atom. The third-order valence-electron chi connectivity index (χ3n) is 4.48. The maximum absolute atomic E-state index is 11.1. The van der Waals surface area contributed by atoms with Gasteiger partial charge in [0.15, 0.2) is 0 Å². The Bertz CT molecular complexity index is 1030. The molecule has 3 aromatic carbocycles. The van der Waals surface area contributed by atoms with Gasteiger partial charge in [0.2, 0.25) is 0 Å². The number of para-hydroxylation sites is 1. The van der Waals surface area contributed by atoms with Gasteiger partial charge in [-0.1, -0.05) is 54.6 Å². The molecule has 1 atom stereocenters. The highest BCUT2D eigenvalue weighted by Gasteiger charge is 2.14. The number of nitrogens with two attached hydrogens (primary N) is 1. The van der Waals surface area contributed by atoms with Crippen molar-refractivity contribution in [2.75, 3.05) is 0 Å². The smallest absolute Gasteiger partial charge is 0.325 e. The van der Waals surface area contributed by atoms with Crippen LogP contribution >= 0.6 is 0 Å². The fraction of sp³-hybridized carbons (Fsp3) is 0.130. The Morgan fingerprint density at radius 3 is 2.31 bits per heavy atom. The second-order valence-electron chi connectivity index (χ2n) is 6.61. The SMILES string of the molecule is N[C@H](C(=O)O)c1cccc(-c2cccc(COc3ccccc3CC(=O)O)c2)c1. The van der Waals surface area contributed by atoms with Crippen LogP contribution in [-0.2, 0) is 22.6 Å². The Kier molecular flexibility index (Phi) is 6.26. The van der Waals surface area contributed by atoms with Crippen molar-refractivity contribution in [1.82, 2.24) is 0 Å². The topological polar surface area (TPSA) is 110 Å². The van der Waals surface area contributed by atoms with Crippen molar-refractivity contribution in [2.45, 2.75) is 19.1 Å². The average Bonchev–Trinajstić information content (AvgIpc) is 2.72. The molecule has 0 aromatic heterocycles. The van der Waals surface area contributed by atoms with Crippen molar-refractivity contribution in [1.29, 1.82) is 0 Å². The van der Waals surface area contributed by atoms with E-state index in [9.17, 15) is 9.59 Å². The number of ether oxygens (including phenoxy) is 1. The first kappa shape index (κ1) is 20.1. The normalized spacial score (nSPS) is 11.6. The van der Waals surface area contributed by atoms with Gasteiger partial charge in [0, 0.05) is 5.56 Å². The molecule has 0 amide bonds. The molecule has 6 nitrogen and oxygen atoms in total. The summed E-state index contributed by atoms with van der Waals surface area (Å²) in [5.74, 6) is -1.46. The van der Waals surface area contributed by atoms with E-state index >= 15 is 0 Å². The first-order valence-corrected chi connectivity index (χ1v) is 9.04. The summed E-state index contributed by atoms with van der Waals surface area (Å²) in [6, 6.07) is 20.8. The van der Waals surface area contributed by atoms with Crippen molar-refractivity contribution < 1.29 is 24.5 Å². The lowest BCUT2D eigenvalue weighted by molar-refractivity contribution is -0.139. The highest BCUT2D eigenvalue weighted by molar-refractivity contribution is 5.76. The minimum atomic E-state index is -1.08. The van der Waals surface area contributed by atoms with Crippen LogP contribution in [0.4, 0.5) is 0 Å². The fourth-order valence-electron chi connectivity index (χ4n) is 3.01. The van der Waals surface area contributed by atoms with Gasteiger partial charge in [0.05, 0.1) is 6.42 Å². The van der Waals surface area contributed by atoms with Gasteiger partial charge in [0.25, 0.3) is 0 Å². The zero-order chi connectivity index (χ0) is 20.8. The molecule has 0 aliphatic rings. The van der Waals surface area contributed by atoms with Gasteiger partial charge in [-0.15, -0.1) is 0 Å². The lowest BCUT2D eigenvalue weighted by atomic mass is 9.98. The monoisotopic (exact) mass is 391 g/mol. The van der Waals surface area contributed by atoms with E-state index in [0.29, 0.717) is 16.9 Å². The van der Waals surface area contributed by atoms with Crippen LogP contribution in [0.1, 0.15) is 22.7 Å². The molecule has 29 heavy (non-hydrogen) atoms. The molecule has 6 heteroatoms. The molecule has 0 unspecified atom stereocenters. The predicted molar refractivity (Wildman–Crippen MR) is 109 cm³/mol. The number of carboxylic acids is 2. The van der Waals surface area contributed by atoms with Crippen LogP contribution in [0.25, 0.3) is 11.1 Å². The lowest BCUT2D eigenvalue weighted by Crippen LogP contribution is -2.20. The third-order valence-corrected chi connectivity index (χ3v) is 4.48. The third kappa shape index (κ3) is 5.21. The molecule has 0 heterocycles. The molecule has 0 fully saturated rings. The minimum Gasteiger partial charge on any atom is -0.489 e. The first-order valence-electron chi connectivity index (χ1n) is 9.04. The molecule has 0 saturated heterocycles. The highest BCUT2D eigenvalue weighted by atomic mass is 16.5. The summed E-state index contributed by atoms with van der Waals surface area (Å²) in [7, 11) is 0. The largest absolute Gasteiger partial charge is 0.489 e. The summed E-state index contributed by atoms with van der Waals surface area (Å²) in [5.41, 5.74) is 9.52. The number of aliphatic carboxylic acids is 2. The summed E-state index contributed by atoms with van der Waals surface area (Å²) < 4.78 is 5.85. The van der Waals surface area contributed by atoms with Crippen LogP contribution in [0.5, 0.6) is 5.75 Å². The fourth-order valence-corrected chi connectivity index (χ4v) is 3.01. The summed E-state index contributed by atoms with van der Waals surface area (Å²) in [6.07, 6.45) is -0.104. The molecular weight excluding hydrogens is 370 g/mol. The van der Waals surface area contributed by atoms with Gasteiger partial charge >= 0.3 is 11.9 Å². The molecule has 3 aromatic rings. The number of hydrogen-bond donors (Lipinski definition) is 3. The molecule has 3 rings (SSSR count). The van der Waals surface area contributed by atoms with Crippen molar-refractivity contribution in [3.05, 3.63) is 89.5 Å². The van der Waals surface area contributed by atoms with Crippen LogP contribution < -0.4 is 10.5 Å². The number of rotatable bonds is 8. The molecule has 0 spiro atoms. The summed E-state index contributed by atoms with van der Waals surface area (Å²) in [6.45, 7) is 0.277. The van der Waals surface area contributed by atoms with Crippen molar-refractivity contribution >= 4 is 11.9 Å². The lowest BCUT2D eigenvalue weighted by Gasteiger charge is -2.12. The summed E-state index contributed by atoms with van der Waals surface area (Å²) in [5, 5.41) is 18.2. The Hall–Kier alpha value is -3.64. The van der Waals surface area contributed by atoms with E-state index in [-0.39, 0.29) is 13.0 Å². The highest BCUT2D eigenvalue weighted by Crippen LogP contribution is 2.25. The number of carboxylic acid groups (broad SMARTS) is 2. The molecule has 0 saturated carbocycles. The molecular formula is C23H21NO5. The second kappa shape index (κ2) is 9.03. The molecule has 4 N–H and O–H groups in total. The Labute approximate surface area is 168 Å². The first-order chi connectivity index (χ1) is 13.9. The van der Waals surface area contributed by atoms with Crippen LogP contribution in [0, 0.1) is 0 Å². The second-order valence-corrected chi connectivity index (χ2v) is 6.61. The Morgan fingerprint density at radius 1 is 0.897 bits per heavy atom. The molecule has 148 valence electrons. The zero-order valence-electron chi connectivity index (χ0n) is 15.6. The molecule has 0 radical (unpaired) electrons.